The number of rotatable bonds is 7. The lowest BCUT2D eigenvalue weighted by atomic mass is 10.1. The molecule has 1 amide bonds. The van der Waals surface area contributed by atoms with Crippen molar-refractivity contribution in [1.29, 1.82) is 0 Å². The highest BCUT2D eigenvalue weighted by atomic mass is 35.5. The van der Waals surface area contributed by atoms with E-state index in [0.717, 1.165) is 27.2 Å². The van der Waals surface area contributed by atoms with Gasteiger partial charge in [-0.05, 0) is 65.2 Å². The minimum atomic E-state index is -3.77. The molecule has 0 bridgehead atoms. The average Bonchev–Trinajstić information content (AvgIpc) is 3.21. The van der Waals surface area contributed by atoms with Gasteiger partial charge in [-0.2, -0.15) is 0 Å². The average molecular weight is 510 g/mol. The van der Waals surface area contributed by atoms with Crippen LogP contribution in [-0.4, -0.2) is 44.4 Å². The van der Waals surface area contributed by atoms with Crippen molar-refractivity contribution in [3.8, 4) is 5.75 Å². The van der Waals surface area contributed by atoms with Gasteiger partial charge in [0, 0.05) is 25.0 Å². The van der Waals surface area contributed by atoms with Crippen LogP contribution in [0.15, 0.2) is 71.6 Å². The monoisotopic (exact) mass is 509 g/mol. The van der Waals surface area contributed by atoms with E-state index in [9.17, 15) is 13.2 Å². The quantitative estimate of drug-likeness (QED) is 0.373. The van der Waals surface area contributed by atoms with Crippen molar-refractivity contribution < 1.29 is 17.9 Å². The number of likely N-dealkylation sites (tertiary alicyclic amines) is 1. The van der Waals surface area contributed by atoms with Crippen molar-refractivity contribution in [2.45, 2.75) is 17.9 Å². The third kappa shape index (κ3) is 4.82. The zero-order valence-electron chi connectivity index (χ0n) is 19.1. The van der Waals surface area contributed by atoms with Crippen LogP contribution in [0.3, 0.4) is 0 Å². The predicted octanol–water partition coefficient (Wildman–Crippen LogP) is 4.38. The number of carbonyl (C=O) groups is 1. The third-order valence-corrected chi connectivity index (χ3v) is 8.04. The Kier molecular flexibility index (Phi) is 6.35. The normalized spacial score (nSPS) is 16.3. The van der Waals surface area contributed by atoms with E-state index in [1.807, 2.05) is 36.4 Å². The molecule has 7 nitrogen and oxygen atoms in total. The standard InChI is InChI=1S/C26H24ClN3O4S/c1-34-21-7-5-17-6-8-22(14-20(17)13-21)35(32,33)28-15-18-11-12-30(26(18)31)16-19-3-2-4-24-23(19)9-10-25(27)29-24/h2-10,13-14,18,28H,11-12,15-16H2,1H3/t18-/m0/s1. The first kappa shape index (κ1) is 23.5. The van der Waals surface area contributed by atoms with Crippen molar-refractivity contribution in [2.24, 2.45) is 5.92 Å². The summed E-state index contributed by atoms with van der Waals surface area (Å²) in [4.78, 5) is 19.3. The molecular weight excluding hydrogens is 486 g/mol. The van der Waals surface area contributed by atoms with Crippen molar-refractivity contribution in [3.05, 3.63) is 77.4 Å². The highest BCUT2D eigenvalue weighted by Gasteiger charge is 2.32. The van der Waals surface area contributed by atoms with Gasteiger partial charge in [-0.3, -0.25) is 4.79 Å². The maximum Gasteiger partial charge on any atom is 0.240 e. The molecule has 0 radical (unpaired) electrons. The Morgan fingerprint density at radius 2 is 1.91 bits per heavy atom. The molecule has 0 unspecified atom stereocenters. The van der Waals surface area contributed by atoms with Gasteiger partial charge in [-0.1, -0.05) is 35.9 Å². The number of carbonyl (C=O) groups excluding carboxylic acids is 1. The van der Waals surface area contributed by atoms with E-state index in [1.165, 1.54) is 0 Å². The molecule has 1 fully saturated rings. The summed E-state index contributed by atoms with van der Waals surface area (Å²) in [5, 5.41) is 3.05. The number of methoxy groups -OCH3 is 1. The van der Waals surface area contributed by atoms with E-state index in [2.05, 4.69) is 9.71 Å². The fourth-order valence-corrected chi connectivity index (χ4v) is 5.75. The van der Waals surface area contributed by atoms with Gasteiger partial charge < -0.3 is 9.64 Å². The minimum absolute atomic E-state index is 0.0561. The fourth-order valence-electron chi connectivity index (χ4n) is 4.48. The van der Waals surface area contributed by atoms with E-state index in [0.29, 0.717) is 30.4 Å². The minimum Gasteiger partial charge on any atom is -0.497 e. The summed E-state index contributed by atoms with van der Waals surface area (Å²) in [7, 11) is -2.21. The molecule has 9 heteroatoms. The third-order valence-electron chi connectivity index (χ3n) is 6.41. The van der Waals surface area contributed by atoms with Crippen LogP contribution in [0, 0.1) is 5.92 Å². The molecule has 5 rings (SSSR count). The summed E-state index contributed by atoms with van der Waals surface area (Å²) in [5.74, 6) is 0.185. The first-order valence-electron chi connectivity index (χ1n) is 11.2. The Bertz CT molecular complexity index is 1540. The molecule has 1 aromatic heterocycles. The molecule has 180 valence electrons. The molecule has 1 saturated heterocycles. The number of fused-ring (bicyclic) bond motifs is 2. The Hall–Kier alpha value is -3.20. The maximum atomic E-state index is 13.0. The molecule has 0 spiro atoms. The molecule has 1 aliphatic heterocycles. The second kappa shape index (κ2) is 9.45. The van der Waals surface area contributed by atoms with Crippen LogP contribution in [0.1, 0.15) is 12.0 Å². The molecule has 1 aliphatic rings. The number of hydrogen-bond acceptors (Lipinski definition) is 5. The van der Waals surface area contributed by atoms with Gasteiger partial charge in [0.2, 0.25) is 15.9 Å². The number of benzene rings is 3. The van der Waals surface area contributed by atoms with Crippen LogP contribution in [0.4, 0.5) is 0 Å². The van der Waals surface area contributed by atoms with Crippen LogP contribution in [0.25, 0.3) is 21.7 Å². The second-order valence-corrected chi connectivity index (χ2v) is 10.7. The van der Waals surface area contributed by atoms with Crippen LogP contribution < -0.4 is 9.46 Å². The number of hydrogen-bond donors (Lipinski definition) is 1. The zero-order valence-corrected chi connectivity index (χ0v) is 20.6. The number of sulfonamides is 1. The van der Waals surface area contributed by atoms with Gasteiger partial charge in [0.25, 0.3) is 0 Å². The van der Waals surface area contributed by atoms with Crippen molar-refractivity contribution in [1.82, 2.24) is 14.6 Å². The van der Waals surface area contributed by atoms with Crippen molar-refractivity contribution >= 4 is 49.2 Å². The Balaban J connectivity index is 1.27. The smallest absolute Gasteiger partial charge is 0.240 e. The number of pyridine rings is 1. The summed E-state index contributed by atoms with van der Waals surface area (Å²) >= 11 is 6.00. The first-order valence-corrected chi connectivity index (χ1v) is 13.1. The van der Waals surface area contributed by atoms with E-state index in [-0.39, 0.29) is 17.3 Å². The molecule has 0 aliphatic carbocycles. The van der Waals surface area contributed by atoms with Gasteiger partial charge in [-0.15, -0.1) is 0 Å². The fraction of sp³-hybridized carbons (Fsp3) is 0.231. The number of ether oxygens (including phenoxy) is 1. The lowest BCUT2D eigenvalue weighted by Crippen LogP contribution is -2.34. The summed E-state index contributed by atoms with van der Waals surface area (Å²) in [6.45, 7) is 1.06. The number of nitrogens with zero attached hydrogens (tertiary/aromatic N) is 2. The Morgan fingerprint density at radius 3 is 2.74 bits per heavy atom. The molecule has 1 atom stereocenters. The van der Waals surface area contributed by atoms with E-state index < -0.39 is 15.9 Å². The molecule has 2 heterocycles. The topological polar surface area (TPSA) is 88.6 Å². The maximum absolute atomic E-state index is 13.0. The lowest BCUT2D eigenvalue weighted by Gasteiger charge is -2.18. The van der Waals surface area contributed by atoms with Gasteiger partial charge in [0.05, 0.1) is 23.4 Å². The highest BCUT2D eigenvalue weighted by molar-refractivity contribution is 7.89. The van der Waals surface area contributed by atoms with E-state index in [1.54, 1.807) is 42.3 Å². The number of halogens is 1. The molecule has 0 saturated carbocycles. The van der Waals surface area contributed by atoms with Crippen LogP contribution in [0.2, 0.25) is 5.15 Å². The largest absolute Gasteiger partial charge is 0.497 e. The Morgan fingerprint density at radius 1 is 1.09 bits per heavy atom. The van der Waals surface area contributed by atoms with Crippen molar-refractivity contribution in [3.63, 3.8) is 0 Å². The van der Waals surface area contributed by atoms with Gasteiger partial charge in [0.15, 0.2) is 0 Å². The Labute approximate surface area is 208 Å². The summed E-state index contributed by atoms with van der Waals surface area (Å²) in [5.41, 5.74) is 1.76. The molecule has 4 aromatic rings. The van der Waals surface area contributed by atoms with E-state index >= 15 is 0 Å². The van der Waals surface area contributed by atoms with Gasteiger partial charge in [0.1, 0.15) is 10.9 Å². The molecular formula is C26H24ClN3O4S. The molecule has 3 aromatic carbocycles. The SMILES string of the molecule is COc1ccc2ccc(S(=O)(=O)NC[C@@H]3CCN(Cc4cccc5nc(Cl)ccc45)C3=O)cc2c1. The predicted molar refractivity (Wildman–Crippen MR) is 136 cm³/mol. The van der Waals surface area contributed by atoms with Gasteiger partial charge in [-0.25, -0.2) is 18.1 Å². The zero-order chi connectivity index (χ0) is 24.6. The summed E-state index contributed by atoms with van der Waals surface area (Å²) in [6, 6.07) is 19.8. The lowest BCUT2D eigenvalue weighted by molar-refractivity contribution is -0.131. The highest BCUT2D eigenvalue weighted by Crippen LogP contribution is 2.26. The summed E-state index contributed by atoms with van der Waals surface area (Å²) < 4.78 is 33.8. The van der Waals surface area contributed by atoms with Crippen LogP contribution in [0.5, 0.6) is 5.75 Å². The van der Waals surface area contributed by atoms with Crippen molar-refractivity contribution in [2.75, 3.05) is 20.2 Å². The van der Waals surface area contributed by atoms with Crippen LogP contribution in [-0.2, 0) is 21.4 Å². The van der Waals surface area contributed by atoms with Crippen LogP contribution >= 0.6 is 11.6 Å². The first-order chi connectivity index (χ1) is 16.8. The summed E-state index contributed by atoms with van der Waals surface area (Å²) in [6.07, 6.45) is 0.588. The number of amides is 1. The number of aromatic nitrogens is 1. The molecule has 35 heavy (non-hydrogen) atoms. The van der Waals surface area contributed by atoms with Gasteiger partial charge >= 0.3 is 0 Å². The van der Waals surface area contributed by atoms with E-state index in [4.69, 9.17) is 16.3 Å². The molecule has 1 N–H and O–H groups in total. The number of nitrogens with one attached hydrogen (secondary N) is 1. The second-order valence-electron chi connectivity index (χ2n) is 8.59.